The zero-order chi connectivity index (χ0) is 19.2. The van der Waals surface area contributed by atoms with E-state index in [1.54, 1.807) is 29.2 Å². The number of benzene rings is 1. The van der Waals surface area contributed by atoms with Gasteiger partial charge in [0.05, 0.1) is 24.2 Å². The lowest BCUT2D eigenvalue weighted by molar-refractivity contribution is 0.245. The van der Waals surface area contributed by atoms with Crippen molar-refractivity contribution >= 4 is 23.4 Å². The van der Waals surface area contributed by atoms with Crippen molar-refractivity contribution in [3.8, 4) is 11.3 Å². The van der Waals surface area contributed by atoms with E-state index in [4.69, 9.17) is 5.11 Å². The number of rotatable bonds is 6. The maximum absolute atomic E-state index is 11.6. The summed E-state index contributed by atoms with van der Waals surface area (Å²) in [5, 5.41) is 21.2. The lowest BCUT2D eigenvalue weighted by Gasteiger charge is -2.10. The lowest BCUT2D eigenvalue weighted by atomic mass is 10.1. The molecule has 0 saturated carbocycles. The Labute approximate surface area is 156 Å². The SMILES string of the molecule is Cc1cnc(Nc2cnn(C)c2)nc1-c1ccc(NC(=O)NCCO)cc1. The van der Waals surface area contributed by atoms with Gasteiger partial charge >= 0.3 is 6.03 Å². The number of nitrogens with one attached hydrogen (secondary N) is 3. The van der Waals surface area contributed by atoms with Gasteiger partial charge in [-0.2, -0.15) is 5.10 Å². The third kappa shape index (κ3) is 4.79. The van der Waals surface area contributed by atoms with Crippen LogP contribution in [0.3, 0.4) is 0 Å². The summed E-state index contributed by atoms with van der Waals surface area (Å²) in [7, 11) is 1.84. The maximum atomic E-state index is 11.6. The molecule has 9 heteroatoms. The summed E-state index contributed by atoms with van der Waals surface area (Å²) in [5.41, 5.74) is 4.10. The molecule has 9 nitrogen and oxygen atoms in total. The Bertz CT molecular complexity index is 922. The summed E-state index contributed by atoms with van der Waals surface area (Å²) in [6.07, 6.45) is 5.30. The van der Waals surface area contributed by atoms with E-state index in [0.29, 0.717) is 11.6 Å². The standard InChI is InChI=1S/C18H21N7O2/c1-12-9-20-17(22-15-10-21-25(2)11-15)24-16(12)13-3-5-14(6-4-13)23-18(27)19-7-8-26/h3-6,9-11,26H,7-8H2,1-2H3,(H2,19,23,27)(H,20,22,24). The van der Waals surface area contributed by atoms with E-state index in [1.165, 1.54) is 0 Å². The molecule has 27 heavy (non-hydrogen) atoms. The molecule has 4 N–H and O–H groups in total. The first-order chi connectivity index (χ1) is 13.0. The second kappa shape index (κ2) is 8.28. The van der Waals surface area contributed by atoms with E-state index in [0.717, 1.165) is 22.5 Å². The minimum Gasteiger partial charge on any atom is -0.395 e. The van der Waals surface area contributed by atoms with Crippen LogP contribution in [0.2, 0.25) is 0 Å². The van der Waals surface area contributed by atoms with Gasteiger partial charge in [-0.3, -0.25) is 4.68 Å². The third-order valence-corrected chi connectivity index (χ3v) is 3.75. The van der Waals surface area contributed by atoms with E-state index in [-0.39, 0.29) is 19.2 Å². The zero-order valence-electron chi connectivity index (χ0n) is 15.1. The normalized spacial score (nSPS) is 10.5. The van der Waals surface area contributed by atoms with Gasteiger partial charge < -0.3 is 21.1 Å². The van der Waals surface area contributed by atoms with Crippen molar-refractivity contribution in [2.24, 2.45) is 7.05 Å². The van der Waals surface area contributed by atoms with Crippen molar-refractivity contribution in [1.29, 1.82) is 0 Å². The number of aliphatic hydroxyl groups excluding tert-OH is 1. The van der Waals surface area contributed by atoms with Crippen molar-refractivity contribution in [1.82, 2.24) is 25.1 Å². The second-order valence-corrected chi connectivity index (χ2v) is 5.93. The number of aryl methyl sites for hydroxylation is 2. The number of nitrogens with zero attached hydrogens (tertiary/aromatic N) is 4. The summed E-state index contributed by atoms with van der Waals surface area (Å²) >= 11 is 0. The van der Waals surface area contributed by atoms with Crippen molar-refractivity contribution in [3.05, 3.63) is 48.4 Å². The van der Waals surface area contributed by atoms with Crippen molar-refractivity contribution in [2.45, 2.75) is 6.92 Å². The average Bonchev–Trinajstić information content (AvgIpc) is 3.07. The largest absolute Gasteiger partial charge is 0.395 e. The van der Waals surface area contributed by atoms with Gasteiger partial charge in [-0.1, -0.05) is 12.1 Å². The van der Waals surface area contributed by atoms with Crippen LogP contribution < -0.4 is 16.0 Å². The molecule has 140 valence electrons. The molecule has 2 heterocycles. The van der Waals surface area contributed by atoms with Crippen LogP contribution in [0, 0.1) is 6.92 Å². The molecule has 0 aliphatic carbocycles. The second-order valence-electron chi connectivity index (χ2n) is 5.93. The van der Waals surface area contributed by atoms with Crippen LogP contribution in [0.4, 0.5) is 22.1 Å². The number of carbonyl (C=O) groups is 1. The van der Waals surface area contributed by atoms with E-state index in [9.17, 15) is 4.79 Å². The minimum absolute atomic E-state index is 0.102. The minimum atomic E-state index is -0.363. The van der Waals surface area contributed by atoms with Crippen LogP contribution in [0.15, 0.2) is 42.9 Å². The molecule has 3 aromatic rings. The van der Waals surface area contributed by atoms with Crippen LogP contribution in [0.1, 0.15) is 5.56 Å². The molecule has 0 saturated heterocycles. The molecular formula is C18H21N7O2. The van der Waals surface area contributed by atoms with Gasteiger partial charge in [0, 0.05) is 37.2 Å². The summed E-state index contributed by atoms with van der Waals surface area (Å²) in [4.78, 5) is 20.5. The Morgan fingerprint density at radius 1 is 1.19 bits per heavy atom. The third-order valence-electron chi connectivity index (χ3n) is 3.75. The van der Waals surface area contributed by atoms with Crippen LogP contribution >= 0.6 is 0 Å². The van der Waals surface area contributed by atoms with Gasteiger partial charge in [0.25, 0.3) is 0 Å². The Balaban J connectivity index is 1.75. The fraction of sp³-hybridized carbons (Fsp3) is 0.222. The number of amides is 2. The van der Waals surface area contributed by atoms with Crippen molar-refractivity contribution < 1.29 is 9.90 Å². The van der Waals surface area contributed by atoms with Crippen LogP contribution in [-0.4, -0.2) is 44.0 Å². The van der Waals surface area contributed by atoms with E-state index >= 15 is 0 Å². The first kappa shape index (κ1) is 18.3. The van der Waals surface area contributed by atoms with Crippen LogP contribution in [0.5, 0.6) is 0 Å². The fourth-order valence-electron chi connectivity index (χ4n) is 2.47. The number of hydrogen-bond donors (Lipinski definition) is 4. The zero-order valence-corrected chi connectivity index (χ0v) is 15.1. The van der Waals surface area contributed by atoms with Crippen molar-refractivity contribution in [2.75, 3.05) is 23.8 Å². The summed E-state index contributed by atoms with van der Waals surface area (Å²) in [5.74, 6) is 0.481. The van der Waals surface area contributed by atoms with E-state index in [1.807, 2.05) is 32.3 Å². The number of anilines is 3. The number of carbonyl (C=O) groups excluding carboxylic acids is 1. The molecular weight excluding hydrogens is 346 g/mol. The number of aromatic nitrogens is 4. The van der Waals surface area contributed by atoms with E-state index in [2.05, 4.69) is 31.0 Å². The highest BCUT2D eigenvalue weighted by molar-refractivity contribution is 5.89. The highest BCUT2D eigenvalue weighted by atomic mass is 16.3. The molecule has 0 bridgehead atoms. The molecule has 3 rings (SSSR count). The van der Waals surface area contributed by atoms with Crippen LogP contribution in [-0.2, 0) is 7.05 Å². The van der Waals surface area contributed by atoms with Crippen LogP contribution in [0.25, 0.3) is 11.3 Å². The smallest absolute Gasteiger partial charge is 0.319 e. The molecule has 0 spiro atoms. The Hall–Kier alpha value is -3.46. The number of urea groups is 1. The molecule has 2 amide bonds. The fourth-order valence-corrected chi connectivity index (χ4v) is 2.47. The highest BCUT2D eigenvalue weighted by Gasteiger charge is 2.08. The van der Waals surface area contributed by atoms with Gasteiger partial charge in [-0.05, 0) is 24.6 Å². The molecule has 0 aliphatic heterocycles. The molecule has 0 atom stereocenters. The Kier molecular flexibility index (Phi) is 5.62. The molecule has 0 fully saturated rings. The molecule has 0 unspecified atom stereocenters. The van der Waals surface area contributed by atoms with Gasteiger partial charge in [-0.15, -0.1) is 0 Å². The molecule has 0 radical (unpaired) electrons. The summed E-state index contributed by atoms with van der Waals surface area (Å²) in [6.45, 7) is 2.04. The first-order valence-corrected chi connectivity index (χ1v) is 8.40. The quantitative estimate of drug-likeness (QED) is 0.530. The summed E-state index contributed by atoms with van der Waals surface area (Å²) < 4.78 is 1.69. The topological polar surface area (TPSA) is 117 Å². The average molecular weight is 367 g/mol. The van der Waals surface area contributed by atoms with Gasteiger partial charge in [-0.25, -0.2) is 14.8 Å². The van der Waals surface area contributed by atoms with Gasteiger partial charge in [0.1, 0.15) is 0 Å². The predicted molar refractivity (Wildman–Crippen MR) is 103 cm³/mol. The predicted octanol–water partition coefficient (Wildman–Crippen LogP) is 2.04. The molecule has 2 aromatic heterocycles. The number of hydrogen-bond acceptors (Lipinski definition) is 6. The van der Waals surface area contributed by atoms with Crippen molar-refractivity contribution in [3.63, 3.8) is 0 Å². The monoisotopic (exact) mass is 367 g/mol. The Morgan fingerprint density at radius 2 is 1.96 bits per heavy atom. The van der Waals surface area contributed by atoms with Gasteiger partial charge in [0.15, 0.2) is 0 Å². The number of aliphatic hydroxyl groups is 1. The Morgan fingerprint density at radius 3 is 2.63 bits per heavy atom. The molecule has 1 aromatic carbocycles. The van der Waals surface area contributed by atoms with Gasteiger partial charge in [0.2, 0.25) is 5.95 Å². The van der Waals surface area contributed by atoms with E-state index < -0.39 is 0 Å². The highest BCUT2D eigenvalue weighted by Crippen LogP contribution is 2.24. The lowest BCUT2D eigenvalue weighted by Crippen LogP contribution is -2.30. The molecule has 0 aliphatic rings. The summed E-state index contributed by atoms with van der Waals surface area (Å²) in [6, 6.07) is 6.99. The first-order valence-electron chi connectivity index (χ1n) is 8.40. The maximum Gasteiger partial charge on any atom is 0.319 e.